The standard InChI is InChI=1S/C17H23NO3/c1-3-6-12(2)9-16(19)18-11-14-8-5-4-7-13(14)10-15(18)17(20)21/h4-5,7-8,12,15H,3,6,9-11H2,1-2H3,(H,20,21). The average Bonchev–Trinajstić information content (AvgIpc) is 2.45. The average molecular weight is 289 g/mol. The van der Waals surface area contributed by atoms with E-state index in [1.807, 2.05) is 24.3 Å². The number of benzene rings is 1. The predicted octanol–water partition coefficient (Wildman–Crippen LogP) is 2.85. The number of fused-ring (bicyclic) bond motifs is 1. The van der Waals surface area contributed by atoms with Gasteiger partial charge in [-0.1, -0.05) is 51.0 Å². The molecule has 0 radical (unpaired) electrons. The zero-order valence-corrected chi connectivity index (χ0v) is 12.7. The number of hydrogen-bond acceptors (Lipinski definition) is 2. The summed E-state index contributed by atoms with van der Waals surface area (Å²) >= 11 is 0. The van der Waals surface area contributed by atoms with Crippen LogP contribution < -0.4 is 0 Å². The van der Waals surface area contributed by atoms with E-state index in [0.29, 0.717) is 25.3 Å². The topological polar surface area (TPSA) is 57.6 Å². The van der Waals surface area contributed by atoms with Gasteiger partial charge in [0.25, 0.3) is 0 Å². The van der Waals surface area contributed by atoms with Crippen molar-refractivity contribution in [2.24, 2.45) is 5.92 Å². The molecule has 1 aromatic rings. The fraction of sp³-hybridized carbons (Fsp3) is 0.529. The van der Waals surface area contributed by atoms with Crippen LogP contribution in [0.25, 0.3) is 0 Å². The molecule has 4 heteroatoms. The number of amides is 1. The van der Waals surface area contributed by atoms with Crippen LogP contribution in [0.15, 0.2) is 24.3 Å². The Morgan fingerprint density at radius 2 is 2.00 bits per heavy atom. The van der Waals surface area contributed by atoms with Crippen LogP contribution in [0.3, 0.4) is 0 Å². The molecule has 4 nitrogen and oxygen atoms in total. The molecule has 0 saturated heterocycles. The van der Waals surface area contributed by atoms with Crippen LogP contribution in [0.2, 0.25) is 0 Å². The summed E-state index contributed by atoms with van der Waals surface area (Å²) < 4.78 is 0. The third-order valence-electron chi connectivity index (χ3n) is 4.16. The van der Waals surface area contributed by atoms with E-state index in [2.05, 4.69) is 13.8 Å². The Kier molecular flexibility index (Phi) is 4.99. The third-order valence-corrected chi connectivity index (χ3v) is 4.16. The van der Waals surface area contributed by atoms with Crippen molar-refractivity contribution >= 4 is 11.9 Å². The molecule has 2 atom stereocenters. The zero-order valence-electron chi connectivity index (χ0n) is 12.7. The summed E-state index contributed by atoms with van der Waals surface area (Å²) in [5.74, 6) is -0.659. The highest BCUT2D eigenvalue weighted by Gasteiger charge is 2.34. The van der Waals surface area contributed by atoms with Crippen molar-refractivity contribution in [1.29, 1.82) is 0 Å². The quantitative estimate of drug-likeness (QED) is 0.906. The zero-order chi connectivity index (χ0) is 15.4. The lowest BCUT2D eigenvalue weighted by Crippen LogP contribution is -2.48. The number of carbonyl (C=O) groups excluding carboxylic acids is 1. The van der Waals surface area contributed by atoms with Gasteiger partial charge >= 0.3 is 5.97 Å². The molecule has 21 heavy (non-hydrogen) atoms. The van der Waals surface area contributed by atoms with Gasteiger partial charge in [-0.15, -0.1) is 0 Å². The van der Waals surface area contributed by atoms with Crippen molar-refractivity contribution in [3.8, 4) is 0 Å². The second-order valence-electron chi connectivity index (χ2n) is 5.95. The monoisotopic (exact) mass is 289 g/mol. The van der Waals surface area contributed by atoms with Crippen molar-refractivity contribution in [1.82, 2.24) is 4.90 Å². The highest BCUT2D eigenvalue weighted by Crippen LogP contribution is 2.25. The van der Waals surface area contributed by atoms with Crippen LogP contribution in [0.1, 0.15) is 44.2 Å². The number of nitrogens with zero attached hydrogens (tertiary/aromatic N) is 1. The summed E-state index contributed by atoms with van der Waals surface area (Å²) in [5, 5.41) is 9.43. The van der Waals surface area contributed by atoms with Crippen LogP contribution >= 0.6 is 0 Å². The van der Waals surface area contributed by atoms with Crippen molar-refractivity contribution in [3.63, 3.8) is 0 Å². The van der Waals surface area contributed by atoms with E-state index in [-0.39, 0.29) is 5.91 Å². The number of carbonyl (C=O) groups is 2. The first-order valence-corrected chi connectivity index (χ1v) is 7.62. The number of hydrogen-bond donors (Lipinski definition) is 1. The van der Waals surface area contributed by atoms with Gasteiger partial charge in [-0.2, -0.15) is 0 Å². The minimum Gasteiger partial charge on any atom is -0.480 e. The van der Waals surface area contributed by atoms with Gasteiger partial charge in [-0.05, 0) is 17.0 Å². The molecule has 0 aromatic heterocycles. The van der Waals surface area contributed by atoms with Gasteiger partial charge in [-0.3, -0.25) is 4.79 Å². The van der Waals surface area contributed by atoms with Crippen LogP contribution in [-0.2, 0) is 22.6 Å². The first kappa shape index (κ1) is 15.5. The van der Waals surface area contributed by atoms with Gasteiger partial charge in [-0.25, -0.2) is 4.79 Å². The molecule has 2 rings (SSSR count). The lowest BCUT2D eigenvalue weighted by atomic mass is 9.92. The summed E-state index contributed by atoms with van der Waals surface area (Å²) in [6.07, 6.45) is 2.87. The maximum absolute atomic E-state index is 12.5. The molecule has 0 saturated carbocycles. The Bertz CT molecular complexity index is 527. The normalized spacial score (nSPS) is 19.0. The molecular formula is C17H23NO3. The Morgan fingerprint density at radius 3 is 2.62 bits per heavy atom. The summed E-state index contributed by atoms with van der Waals surface area (Å²) in [6.45, 7) is 4.55. The fourth-order valence-electron chi connectivity index (χ4n) is 3.02. The van der Waals surface area contributed by atoms with Gasteiger partial charge < -0.3 is 10.0 Å². The molecule has 0 bridgehead atoms. The molecule has 114 valence electrons. The highest BCUT2D eigenvalue weighted by atomic mass is 16.4. The molecule has 0 spiro atoms. The van der Waals surface area contributed by atoms with Crippen LogP contribution in [0.4, 0.5) is 0 Å². The van der Waals surface area contributed by atoms with E-state index in [1.165, 1.54) is 4.90 Å². The Morgan fingerprint density at radius 1 is 1.33 bits per heavy atom. The number of aliphatic carboxylic acids is 1. The molecule has 1 amide bonds. The van der Waals surface area contributed by atoms with E-state index in [9.17, 15) is 14.7 Å². The summed E-state index contributed by atoms with van der Waals surface area (Å²) in [6, 6.07) is 7.04. The van der Waals surface area contributed by atoms with Gasteiger partial charge in [0.15, 0.2) is 0 Å². The number of rotatable bonds is 5. The van der Waals surface area contributed by atoms with E-state index in [0.717, 1.165) is 24.0 Å². The van der Waals surface area contributed by atoms with Crippen molar-refractivity contribution < 1.29 is 14.7 Å². The lowest BCUT2D eigenvalue weighted by Gasteiger charge is -2.35. The highest BCUT2D eigenvalue weighted by molar-refractivity contribution is 5.84. The van der Waals surface area contributed by atoms with Crippen molar-refractivity contribution in [2.75, 3.05) is 0 Å². The van der Waals surface area contributed by atoms with Crippen LogP contribution in [0.5, 0.6) is 0 Å². The predicted molar refractivity (Wildman–Crippen MR) is 80.8 cm³/mol. The van der Waals surface area contributed by atoms with E-state index in [4.69, 9.17) is 0 Å². The van der Waals surface area contributed by atoms with Gasteiger partial charge in [0.05, 0.1) is 0 Å². The Labute approximate surface area is 125 Å². The minimum absolute atomic E-state index is 0.0437. The second kappa shape index (κ2) is 6.74. The Balaban J connectivity index is 2.16. The maximum atomic E-state index is 12.5. The smallest absolute Gasteiger partial charge is 0.326 e. The van der Waals surface area contributed by atoms with Crippen molar-refractivity contribution in [2.45, 2.75) is 52.1 Å². The molecule has 1 heterocycles. The van der Waals surface area contributed by atoms with E-state index in [1.54, 1.807) is 0 Å². The second-order valence-corrected chi connectivity index (χ2v) is 5.95. The minimum atomic E-state index is -0.916. The van der Waals surface area contributed by atoms with Crippen LogP contribution in [0, 0.1) is 5.92 Å². The lowest BCUT2D eigenvalue weighted by molar-refractivity contribution is -0.151. The fourth-order valence-corrected chi connectivity index (χ4v) is 3.02. The van der Waals surface area contributed by atoms with E-state index >= 15 is 0 Å². The maximum Gasteiger partial charge on any atom is 0.326 e. The SMILES string of the molecule is CCCC(C)CC(=O)N1Cc2ccccc2CC1C(=O)O. The number of carboxylic acid groups (broad SMARTS) is 1. The molecule has 0 fully saturated rings. The molecule has 2 unspecified atom stereocenters. The largest absolute Gasteiger partial charge is 0.480 e. The molecular weight excluding hydrogens is 266 g/mol. The van der Waals surface area contributed by atoms with E-state index < -0.39 is 12.0 Å². The van der Waals surface area contributed by atoms with Gasteiger partial charge in [0.1, 0.15) is 6.04 Å². The summed E-state index contributed by atoms with van der Waals surface area (Å²) in [4.78, 5) is 25.5. The third kappa shape index (κ3) is 3.63. The van der Waals surface area contributed by atoms with Crippen molar-refractivity contribution in [3.05, 3.63) is 35.4 Å². The first-order chi connectivity index (χ1) is 10.0. The summed E-state index contributed by atoms with van der Waals surface area (Å²) in [7, 11) is 0. The van der Waals surface area contributed by atoms with Crippen LogP contribution in [-0.4, -0.2) is 27.9 Å². The number of carboxylic acids is 1. The molecule has 1 N–H and O–H groups in total. The Hall–Kier alpha value is -1.84. The van der Waals surface area contributed by atoms with Gasteiger partial charge in [0.2, 0.25) is 5.91 Å². The molecule has 0 aliphatic carbocycles. The summed E-state index contributed by atoms with van der Waals surface area (Å²) in [5.41, 5.74) is 2.10. The molecule has 1 aliphatic rings. The molecule has 1 aromatic carbocycles. The first-order valence-electron chi connectivity index (χ1n) is 7.62. The molecule has 1 aliphatic heterocycles. The van der Waals surface area contributed by atoms with Gasteiger partial charge in [0, 0.05) is 19.4 Å².